The van der Waals surface area contributed by atoms with Gasteiger partial charge in [0.2, 0.25) is 5.78 Å². The number of allylic oxidation sites excluding steroid dienone is 2. The van der Waals surface area contributed by atoms with Crippen molar-refractivity contribution in [1.29, 1.82) is 0 Å². The highest BCUT2D eigenvalue weighted by Gasteiger charge is 2.31. The normalized spacial score (nSPS) is 14.5. The van der Waals surface area contributed by atoms with Gasteiger partial charge in [0, 0.05) is 11.5 Å². The highest BCUT2D eigenvalue weighted by atomic mass is 16.5. The number of nitrogens with two attached hydrogens (primary N) is 1. The van der Waals surface area contributed by atoms with Gasteiger partial charge in [-0.05, 0) is 24.6 Å². The van der Waals surface area contributed by atoms with E-state index in [1.807, 2.05) is 31.2 Å². The molecule has 0 saturated carbocycles. The van der Waals surface area contributed by atoms with Crippen molar-refractivity contribution in [2.24, 2.45) is 5.73 Å². The summed E-state index contributed by atoms with van der Waals surface area (Å²) < 4.78 is 5.65. The van der Waals surface area contributed by atoms with Crippen LogP contribution in [0.25, 0.3) is 16.5 Å². The standard InChI is InChI=1S/C21H15N3O3/c1-12-6-2-5-9-16(12)27-17-10-15(25)18(19(22)21(17)26)20-13-7-3-4-8-14(13)23-11-24-20/h2-11H,22H2,1H3. The second kappa shape index (κ2) is 6.49. The van der Waals surface area contributed by atoms with Crippen LogP contribution in [0.5, 0.6) is 5.75 Å². The lowest BCUT2D eigenvalue weighted by Gasteiger charge is -2.18. The maximum Gasteiger partial charge on any atom is 0.244 e. The van der Waals surface area contributed by atoms with E-state index in [0.717, 1.165) is 11.6 Å². The molecule has 0 unspecified atom stereocenters. The highest BCUT2D eigenvalue weighted by Crippen LogP contribution is 2.29. The zero-order valence-electron chi connectivity index (χ0n) is 14.5. The number of carbonyl (C=O) groups excluding carboxylic acids is 2. The molecular formula is C21H15N3O3. The van der Waals surface area contributed by atoms with E-state index in [1.54, 1.807) is 24.3 Å². The number of para-hydroxylation sites is 2. The first-order valence-corrected chi connectivity index (χ1v) is 8.30. The molecule has 0 aliphatic heterocycles. The number of aromatic nitrogens is 2. The summed E-state index contributed by atoms with van der Waals surface area (Å²) in [5.41, 5.74) is 7.76. The number of rotatable bonds is 3. The number of Topliss-reactive ketones (excluding diaryl/α,β-unsaturated/α-hetero) is 1. The Balaban J connectivity index is 1.77. The Morgan fingerprint density at radius 2 is 1.70 bits per heavy atom. The molecule has 132 valence electrons. The monoisotopic (exact) mass is 357 g/mol. The lowest BCUT2D eigenvalue weighted by molar-refractivity contribution is -0.116. The number of hydrogen-bond donors (Lipinski definition) is 1. The molecule has 6 heteroatoms. The molecule has 0 radical (unpaired) electrons. The first kappa shape index (κ1) is 16.7. The Morgan fingerprint density at radius 1 is 0.963 bits per heavy atom. The summed E-state index contributed by atoms with van der Waals surface area (Å²) in [6.45, 7) is 1.85. The fourth-order valence-corrected chi connectivity index (χ4v) is 2.95. The molecule has 0 spiro atoms. The lowest BCUT2D eigenvalue weighted by atomic mass is 9.94. The van der Waals surface area contributed by atoms with Crippen LogP contribution in [0.2, 0.25) is 0 Å². The van der Waals surface area contributed by atoms with E-state index in [4.69, 9.17) is 10.5 Å². The minimum Gasteiger partial charge on any atom is -0.453 e. The van der Waals surface area contributed by atoms with E-state index in [0.29, 0.717) is 22.3 Å². The number of fused-ring (bicyclic) bond motifs is 1. The molecule has 6 nitrogen and oxygen atoms in total. The number of benzene rings is 2. The number of ketones is 2. The van der Waals surface area contributed by atoms with Crippen LogP contribution in [-0.2, 0) is 9.59 Å². The van der Waals surface area contributed by atoms with Gasteiger partial charge in [-0.25, -0.2) is 9.97 Å². The van der Waals surface area contributed by atoms with Gasteiger partial charge < -0.3 is 10.5 Å². The van der Waals surface area contributed by atoms with E-state index in [2.05, 4.69) is 9.97 Å². The maximum absolute atomic E-state index is 12.8. The zero-order valence-corrected chi connectivity index (χ0v) is 14.5. The summed E-state index contributed by atoms with van der Waals surface area (Å²) in [7, 11) is 0. The molecule has 1 aliphatic carbocycles. The van der Waals surface area contributed by atoms with E-state index in [9.17, 15) is 9.59 Å². The number of ether oxygens (including phenoxy) is 1. The van der Waals surface area contributed by atoms with Gasteiger partial charge in [-0.15, -0.1) is 0 Å². The Hall–Kier alpha value is -3.80. The van der Waals surface area contributed by atoms with Crippen molar-refractivity contribution in [2.45, 2.75) is 6.92 Å². The van der Waals surface area contributed by atoms with Gasteiger partial charge in [0.25, 0.3) is 0 Å². The molecular weight excluding hydrogens is 342 g/mol. The largest absolute Gasteiger partial charge is 0.453 e. The van der Waals surface area contributed by atoms with Crippen LogP contribution < -0.4 is 10.5 Å². The van der Waals surface area contributed by atoms with E-state index >= 15 is 0 Å². The Morgan fingerprint density at radius 3 is 2.52 bits per heavy atom. The molecule has 0 bridgehead atoms. The Bertz CT molecular complexity index is 1160. The van der Waals surface area contributed by atoms with Crippen molar-refractivity contribution in [2.75, 3.05) is 0 Å². The van der Waals surface area contributed by atoms with Crippen molar-refractivity contribution in [3.05, 3.63) is 83.6 Å². The van der Waals surface area contributed by atoms with Gasteiger partial charge in [-0.2, -0.15) is 0 Å². The summed E-state index contributed by atoms with van der Waals surface area (Å²) >= 11 is 0. The van der Waals surface area contributed by atoms with Gasteiger partial charge in [0.1, 0.15) is 12.1 Å². The molecule has 3 aromatic rings. The predicted octanol–water partition coefficient (Wildman–Crippen LogP) is 2.72. The highest BCUT2D eigenvalue weighted by molar-refractivity contribution is 6.37. The fraction of sp³-hybridized carbons (Fsp3) is 0.0476. The second-order valence-corrected chi connectivity index (χ2v) is 6.10. The molecule has 2 aromatic carbocycles. The summed E-state index contributed by atoms with van der Waals surface area (Å²) in [6, 6.07) is 14.4. The van der Waals surface area contributed by atoms with Crippen molar-refractivity contribution >= 4 is 28.0 Å². The third-order valence-electron chi connectivity index (χ3n) is 4.34. The molecule has 4 rings (SSSR count). The Kier molecular flexibility index (Phi) is 4.01. The predicted molar refractivity (Wildman–Crippen MR) is 101 cm³/mol. The summed E-state index contributed by atoms with van der Waals surface area (Å²) in [5, 5.41) is 0.649. The fourth-order valence-electron chi connectivity index (χ4n) is 2.95. The topological polar surface area (TPSA) is 95.2 Å². The first-order valence-electron chi connectivity index (χ1n) is 8.30. The summed E-state index contributed by atoms with van der Waals surface area (Å²) in [4.78, 5) is 33.9. The molecule has 0 atom stereocenters. The Labute approximate surface area is 155 Å². The molecule has 0 saturated heterocycles. The van der Waals surface area contributed by atoms with E-state index in [-0.39, 0.29) is 17.0 Å². The van der Waals surface area contributed by atoms with E-state index < -0.39 is 11.6 Å². The average Bonchev–Trinajstić information content (AvgIpc) is 2.68. The molecule has 0 amide bonds. The summed E-state index contributed by atoms with van der Waals surface area (Å²) in [6.07, 6.45) is 2.51. The van der Waals surface area contributed by atoms with E-state index in [1.165, 1.54) is 6.33 Å². The van der Waals surface area contributed by atoms with Gasteiger partial charge in [-0.1, -0.05) is 36.4 Å². The lowest BCUT2D eigenvalue weighted by Crippen LogP contribution is -2.26. The minimum absolute atomic E-state index is 0.0655. The van der Waals surface area contributed by atoms with Crippen LogP contribution in [0.15, 0.2) is 72.4 Å². The van der Waals surface area contributed by atoms with Crippen LogP contribution in [0, 0.1) is 6.92 Å². The SMILES string of the molecule is Cc1ccccc1OC1=CC(=O)C(c2ncnc3ccccc23)=C(N)C1=O. The quantitative estimate of drug-likeness (QED) is 0.724. The van der Waals surface area contributed by atoms with Crippen LogP contribution in [0.1, 0.15) is 11.3 Å². The van der Waals surface area contributed by atoms with Gasteiger partial charge in [0.05, 0.1) is 22.5 Å². The van der Waals surface area contributed by atoms with Crippen molar-refractivity contribution in [3.8, 4) is 5.75 Å². The van der Waals surface area contributed by atoms with Gasteiger partial charge in [0.15, 0.2) is 11.5 Å². The molecule has 1 aromatic heterocycles. The summed E-state index contributed by atoms with van der Waals surface area (Å²) in [5.74, 6) is -0.586. The first-order chi connectivity index (χ1) is 13.1. The average molecular weight is 357 g/mol. The number of hydrogen-bond acceptors (Lipinski definition) is 6. The van der Waals surface area contributed by atoms with Crippen LogP contribution in [0.4, 0.5) is 0 Å². The minimum atomic E-state index is -0.546. The molecule has 1 aliphatic rings. The van der Waals surface area contributed by atoms with Crippen LogP contribution in [0.3, 0.4) is 0 Å². The molecule has 0 fully saturated rings. The zero-order chi connectivity index (χ0) is 19.0. The van der Waals surface area contributed by atoms with Crippen molar-refractivity contribution in [1.82, 2.24) is 9.97 Å². The van der Waals surface area contributed by atoms with Crippen molar-refractivity contribution < 1.29 is 14.3 Å². The second-order valence-electron chi connectivity index (χ2n) is 6.10. The van der Waals surface area contributed by atoms with Crippen LogP contribution in [-0.4, -0.2) is 21.5 Å². The third kappa shape index (κ3) is 2.87. The maximum atomic E-state index is 12.8. The third-order valence-corrected chi connectivity index (χ3v) is 4.34. The smallest absolute Gasteiger partial charge is 0.244 e. The van der Waals surface area contributed by atoms with Crippen molar-refractivity contribution in [3.63, 3.8) is 0 Å². The molecule has 2 N–H and O–H groups in total. The number of aryl methyl sites for hydroxylation is 1. The number of carbonyl (C=O) groups is 2. The number of nitrogens with zero attached hydrogens (tertiary/aromatic N) is 2. The van der Waals surface area contributed by atoms with Gasteiger partial charge >= 0.3 is 0 Å². The molecule has 27 heavy (non-hydrogen) atoms. The van der Waals surface area contributed by atoms with Gasteiger partial charge in [-0.3, -0.25) is 9.59 Å². The van der Waals surface area contributed by atoms with Crippen LogP contribution >= 0.6 is 0 Å². The molecule has 1 heterocycles.